The molecule has 2 N–H and O–H groups in total. The zero-order valence-corrected chi connectivity index (χ0v) is 11.0. The van der Waals surface area contributed by atoms with Crippen LogP contribution in [0.25, 0.3) is 0 Å². The number of benzene rings is 1. The summed E-state index contributed by atoms with van der Waals surface area (Å²) in [6.07, 6.45) is 3.22. The normalized spacial score (nSPS) is 20.7. The number of rotatable bonds is 3. The van der Waals surface area contributed by atoms with E-state index < -0.39 is 17.5 Å². The molecule has 18 heavy (non-hydrogen) atoms. The Morgan fingerprint density at radius 1 is 1.28 bits per heavy atom. The summed E-state index contributed by atoms with van der Waals surface area (Å²) < 4.78 is 13.6. The number of hydrogen-bond donors (Lipinski definition) is 2. The molecular formula is C14H18ClFO2. The highest BCUT2D eigenvalue weighted by Crippen LogP contribution is 2.32. The van der Waals surface area contributed by atoms with Crippen molar-refractivity contribution in [3.63, 3.8) is 0 Å². The largest absolute Gasteiger partial charge is 0.390 e. The van der Waals surface area contributed by atoms with Crippen LogP contribution >= 0.6 is 11.6 Å². The van der Waals surface area contributed by atoms with E-state index in [-0.39, 0.29) is 6.42 Å². The van der Waals surface area contributed by atoms with Gasteiger partial charge in [0.15, 0.2) is 0 Å². The van der Waals surface area contributed by atoms with Crippen LogP contribution in [0.4, 0.5) is 4.39 Å². The zero-order chi connectivity index (χ0) is 13.2. The Bertz CT molecular complexity index is 416. The van der Waals surface area contributed by atoms with E-state index >= 15 is 0 Å². The molecule has 100 valence electrons. The first-order valence-corrected chi connectivity index (χ1v) is 6.73. The van der Waals surface area contributed by atoms with Gasteiger partial charge in [-0.25, -0.2) is 4.39 Å². The van der Waals surface area contributed by atoms with Crippen LogP contribution in [-0.4, -0.2) is 21.9 Å². The lowest BCUT2D eigenvalue weighted by molar-refractivity contribution is -0.0962. The summed E-state index contributed by atoms with van der Waals surface area (Å²) >= 11 is 5.81. The molecule has 0 aromatic heterocycles. The topological polar surface area (TPSA) is 40.5 Å². The quantitative estimate of drug-likeness (QED) is 0.888. The average Bonchev–Trinajstić information content (AvgIpc) is 2.35. The summed E-state index contributed by atoms with van der Waals surface area (Å²) in [5.74, 6) is -0.391. The molecule has 1 aliphatic carbocycles. The summed E-state index contributed by atoms with van der Waals surface area (Å²) in [6.45, 7) is 0. The van der Waals surface area contributed by atoms with E-state index in [2.05, 4.69) is 0 Å². The van der Waals surface area contributed by atoms with E-state index in [9.17, 15) is 14.6 Å². The van der Waals surface area contributed by atoms with Crippen LogP contribution in [-0.2, 0) is 6.42 Å². The maximum atomic E-state index is 13.6. The van der Waals surface area contributed by atoms with Gasteiger partial charge in [-0.3, -0.25) is 0 Å². The number of aliphatic hydroxyl groups is 2. The first-order chi connectivity index (χ1) is 8.51. The first kappa shape index (κ1) is 13.8. The van der Waals surface area contributed by atoms with E-state index in [1.165, 1.54) is 18.2 Å². The lowest BCUT2D eigenvalue weighted by Crippen LogP contribution is -2.45. The summed E-state index contributed by atoms with van der Waals surface area (Å²) in [7, 11) is 0. The minimum absolute atomic E-state index is 0.100. The van der Waals surface area contributed by atoms with Gasteiger partial charge in [0.2, 0.25) is 0 Å². The van der Waals surface area contributed by atoms with Gasteiger partial charge in [-0.1, -0.05) is 30.9 Å². The van der Waals surface area contributed by atoms with Gasteiger partial charge in [-0.05, 0) is 36.6 Å². The van der Waals surface area contributed by atoms with Gasteiger partial charge in [0, 0.05) is 11.4 Å². The van der Waals surface area contributed by atoms with Gasteiger partial charge < -0.3 is 10.2 Å². The third-order valence-electron chi connectivity index (χ3n) is 3.76. The molecule has 0 amide bonds. The van der Waals surface area contributed by atoms with Gasteiger partial charge in [-0.15, -0.1) is 0 Å². The fraction of sp³-hybridized carbons (Fsp3) is 0.571. The molecule has 1 fully saturated rings. The lowest BCUT2D eigenvalue weighted by Gasteiger charge is -2.36. The Kier molecular flexibility index (Phi) is 4.25. The molecule has 1 aromatic rings. The van der Waals surface area contributed by atoms with Crippen molar-refractivity contribution >= 4 is 11.6 Å². The smallest absolute Gasteiger partial charge is 0.126 e. The second kappa shape index (κ2) is 5.55. The Morgan fingerprint density at radius 2 is 1.94 bits per heavy atom. The average molecular weight is 273 g/mol. The van der Waals surface area contributed by atoms with Gasteiger partial charge in [-0.2, -0.15) is 0 Å². The Hall–Kier alpha value is -0.640. The second-order valence-corrected chi connectivity index (χ2v) is 5.56. The Morgan fingerprint density at radius 3 is 2.61 bits per heavy atom. The molecule has 4 heteroatoms. The minimum Gasteiger partial charge on any atom is -0.390 e. The van der Waals surface area contributed by atoms with E-state index in [1.807, 2.05) is 0 Å². The fourth-order valence-corrected chi connectivity index (χ4v) is 2.79. The van der Waals surface area contributed by atoms with Crippen LogP contribution in [0.15, 0.2) is 18.2 Å². The first-order valence-electron chi connectivity index (χ1n) is 6.36. The molecule has 1 aliphatic rings. The van der Waals surface area contributed by atoms with E-state index in [1.54, 1.807) is 0 Å². The predicted molar refractivity (Wildman–Crippen MR) is 69.2 cm³/mol. The van der Waals surface area contributed by atoms with Gasteiger partial charge in [0.05, 0.1) is 11.7 Å². The summed E-state index contributed by atoms with van der Waals surface area (Å²) in [5, 5.41) is 20.9. The van der Waals surface area contributed by atoms with Crippen molar-refractivity contribution in [3.05, 3.63) is 34.6 Å². The van der Waals surface area contributed by atoms with Gasteiger partial charge in [0.1, 0.15) is 5.82 Å². The van der Waals surface area contributed by atoms with Gasteiger partial charge >= 0.3 is 0 Å². The molecular weight excluding hydrogens is 255 g/mol. The van der Waals surface area contributed by atoms with Crippen molar-refractivity contribution in [1.82, 2.24) is 0 Å². The molecule has 1 aromatic carbocycles. The number of hydrogen-bond acceptors (Lipinski definition) is 2. The molecule has 1 atom stereocenters. The van der Waals surface area contributed by atoms with Crippen molar-refractivity contribution in [2.45, 2.75) is 50.2 Å². The van der Waals surface area contributed by atoms with E-state index in [0.717, 1.165) is 19.3 Å². The predicted octanol–water partition coefficient (Wildman–Crippen LogP) is 3.08. The summed E-state index contributed by atoms with van der Waals surface area (Å²) in [4.78, 5) is 0. The van der Waals surface area contributed by atoms with Crippen LogP contribution in [0.3, 0.4) is 0 Å². The Balaban J connectivity index is 2.10. The number of halogens is 2. The minimum atomic E-state index is -1.08. The summed E-state index contributed by atoms with van der Waals surface area (Å²) in [6, 6.07) is 4.27. The van der Waals surface area contributed by atoms with Crippen molar-refractivity contribution in [1.29, 1.82) is 0 Å². The maximum absolute atomic E-state index is 13.6. The van der Waals surface area contributed by atoms with Crippen molar-refractivity contribution in [3.8, 4) is 0 Å². The maximum Gasteiger partial charge on any atom is 0.126 e. The molecule has 0 aliphatic heterocycles. The van der Waals surface area contributed by atoms with Crippen LogP contribution in [0, 0.1) is 5.82 Å². The second-order valence-electron chi connectivity index (χ2n) is 5.12. The van der Waals surface area contributed by atoms with Crippen LogP contribution in [0.1, 0.15) is 37.7 Å². The van der Waals surface area contributed by atoms with Crippen LogP contribution in [0.5, 0.6) is 0 Å². The highest BCUT2D eigenvalue weighted by Gasteiger charge is 2.36. The van der Waals surface area contributed by atoms with Gasteiger partial charge in [0.25, 0.3) is 0 Å². The molecule has 0 saturated heterocycles. The lowest BCUT2D eigenvalue weighted by atomic mass is 9.79. The zero-order valence-electron chi connectivity index (χ0n) is 10.2. The molecule has 0 spiro atoms. The molecule has 1 unspecified atom stereocenters. The fourth-order valence-electron chi connectivity index (χ4n) is 2.60. The third kappa shape index (κ3) is 3.02. The van der Waals surface area contributed by atoms with E-state index in [0.29, 0.717) is 23.4 Å². The molecule has 0 radical (unpaired) electrons. The molecule has 2 rings (SSSR count). The van der Waals surface area contributed by atoms with Crippen molar-refractivity contribution in [2.24, 2.45) is 0 Å². The van der Waals surface area contributed by atoms with Crippen molar-refractivity contribution in [2.75, 3.05) is 0 Å². The SMILES string of the molecule is OC(Cc1cc(Cl)ccc1F)C1(O)CCCCC1. The summed E-state index contributed by atoms with van der Waals surface area (Å²) in [5.41, 5.74) is -0.721. The van der Waals surface area contributed by atoms with Crippen molar-refractivity contribution < 1.29 is 14.6 Å². The Labute approximate surface area is 111 Å². The molecule has 2 nitrogen and oxygen atoms in total. The third-order valence-corrected chi connectivity index (χ3v) is 4.00. The molecule has 0 bridgehead atoms. The highest BCUT2D eigenvalue weighted by molar-refractivity contribution is 6.30. The van der Waals surface area contributed by atoms with Crippen LogP contribution < -0.4 is 0 Å². The molecule has 0 heterocycles. The monoisotopic (exact) mass is 272 g/mol. The standard InChI is InChI=1S/C14H18ClFO2/c15-11-4-5-12(16)10(8-11)9-13(17)14(18)6-2-1-3-7-14/h4-5,8,13,17-18H,1-3,6-7,9H2. The number of aliphatic hydroxyl groups excluding tert-OH is 1. The highest BCUT2D eigenvalue weighted by atomic mass is 35.5. The van der Waals surface area contributed by atoms with Crippen LogP contribution in [0.2, 0.25) is 5.02 Å². The molecule has 1 saturated carbocycles. The van der Waals surface area contributed by atoms with E-state index in [4.69, 9.17) is 11.6 Å².